The second-order valence-corrected chi connectivity index (χ2v) is 5.90. The number of benzene rings is 1. The molecule has 1 aromatic carbocycles. The molecule has 0 saturated heterocycles. The van der Waals surface area contributed by atoms with Gasteiger partial charge in [-0.15, -0.1) is 0 Å². The molecule has 5 heteroatoms. The van der Waals surface area contributed by atoms with E-state index < -0.39 is 6.10 Å². The zero-order valence-electron chi connectivity index (χ0n) is 13.3. The van der Waals surface area contributed by atoms with Gasteiger partial charge in [-0.1, -0.05) is 6.92 Å². The lowest BCUT2D eigenvalue weighted by molar-refractivity contribution is 0.0960. The molecule has 0 aromatic heterocycles. The monoisotopic (exact) mass is 307 g/mol. The van der Waals surface area contributed by atoms with Crippen molar-refractivity contribution in [3.63, 3.8) is 0 Å². The van der Waals surface area contributed by atoms with Gasteiger partial charge in [0.25, 0.3) is 0 Å². The Morgan fingerprint density at radius 2 is 2.14 bits per heavy atom. The first-order valence-electron chi connectivity index (χ1n) is 7.95. The van der Waals surface area contributed by atoms with E-state index in [9.17, 15) is 15.0 Å². The number of hydrogen-bond donors (Lipinski definition) is 3. The summed E-state index contributed by atoms with van der Waals surface area (Å²) in [5, 5.41) is 23.0. The summed E-state index contributed by atoms with van der Waals surface area (Å²) in [4.78, 5) is 11.9. The number of carbonyl (C=O) groups is 1. The van der Waals surface area contributed by atoms with Crippen molar-refractivity contribution in [2.24, 2.45) is 0 Å². The maximum Gasteiger partial charge on any atom is 0.167 e. The lowest BCUT2D eigenvalue weighted by Gasteiger charge is -2.21. The van der Waals surface area contributed by atoms with Crippen molar-refractivity contribution in [3.05, 3.63) is 23.3 Å². The molecule has 3 N–H and O–H groups in total. The molecule has 0 saturated carbocycles. The summed E-state index contributed by atoms with van der Waals surface area (Å²) in [5.74, 6) is 0.567. The quantitative estimate of drug-likeness (QED) is 0.718. The molecule has 22 heavy (non-hydrogen) atoms. The van der Waals surface area contributed by atoms with Gasteiger partial charge in [0.05, 0.1) is 5.56 Å². The van der Waals surface area contributed by atoms with Crippen LogP contribution in [0, 0.1) is 0 Å². The largest absolute Gasteiger partial charge is 0.507 e. The van der Waals surface area contributed by atoms with Crippen LogP contribution in [0.3, 0.4) is 0 Å². The van der Waals surface area contributed by atoms with Crippen LogP contribution in [0.25, 0.3) is 0 Å². The van der Waals surface area contributed by atoms with E-state index in [2.05, 4.69) is 19.2 Å². The summed E-state index contributed by atoms with van der Waals surface area (Å²) >= 11 is 0. The highest BCUT2D eigenvalue weighted by Gasteiger charge is 2.24. The van der Waals surface area contributed by atoms with Crippen LogP contribution in [0.1, 0.15) is 49.0 Å². The standard InChI is InChI=1S/C17H25NO4/c1-3-11(2)18-9-12(19)10-22-16-8-7-15(21)17-13(16)5-4-6-14(17)20/h7-8,11-12,18-19,21H,3-6,9-10H2,1-2H3/t11-,12-/m1/s1. The van der Waals surface area contributed by atoms with Crippen molar-refractivity contribution in [2.45, 2.75) is 51.7 Å². The minimum absolute atomic E-state index is 0.0195. The predicted molar refractivity (Wildman–Crippen MR) is 84.6 cm³/mol. The smallest absolute Gasteiger partial charge is 0.167 e. The van der Waals surface area contributed by atoms with Gasteiger partial charge >= 0.3 is 0 Å². The molecule has 0 heterocycles. The third-order valence-electron chi connectivity index (χ3n) is 4.10. The van der Waals surface area contributed by atoms with Crippen molar-refractivity contribution in [1.82, 2.24) is 5.32 Å². The van der Waals surface area contributed by atoms with Crippen molar-refractivity contribution in [2.75, 3.05) is 13.2 Å². The fourth-order valence-electron chi connectivity index (χ4n) is 2.59. The summed E-state index contributed by atoms with van der Waals surface area (Å²) in [6.45, 7) is 4.78. The summed E-state index contributed by atoms with van der Waals surface area (Å²) < 4.78 is 5.68. The minimum Gasteiger partial charge on any atom is -0.507 e. The maximum absolute atomic E-state index is 11.9. The molecule has 5 nitrogen and oxygen atoms in total. The number of hydrogen-bond acceptors (Lipinski definition) is 5. The second-order valence-electron chi connectivity index (χ2n) is 5.90. The Balaban J connectivity index is 1.99. The Labute approximate surface area is 131 Å². The molecule has 0 radical (unpaired) electrons. The van der Waals surface area contributed by atoms with E-state index in [4.69, 9.17) is 4.74 Å². The lowest BCUT2D eigenvalue weighted by atomic mass is 9.89. The number of phenols is 1. The molecule has 0 amide bonds. The third-order valence-corrected chi connectivity index (χ3v) is 4.10. The van der Waals surface area contributed by atoms with Gasteiger partial charge in [-0.05, 0) is 38.3 Å². The number of phenolic OH excluding ortho intramolecular Hbond substituents is 1. The van der Waals surface area contributed by atoms with E-state index in [-0.39, 0.29) is 18.1 Å². The SMILES string of the molecule is CC[C@@H](C)NC[C@@H](O)COc1ccc(O)c2c1CCCC2=O. The Kier molecular flexibility index (Phi) is 5.80. The summed E-state index contributed by atoms with van der Waals surface area (Å²) in [5.41, 5.74) is 1.15. The van der Waals surface area contributed by atoms with Crippen LogP contribution in [0.5, 0.6) is 11.5 Å². The number of nitrogens with one attached hydrogen (secondary N) is 1. The van der Waals surface area contributed by atoms with Crippen molar-refractivity contribution < 1.29 is 19.7 Å². The average molecular weight is 307 g/mol. The first-order valence-corrected chi connectivity index (χ1v) is 7.95. The number of aromatic hydroxyl groups is 1. The van der Waals surface area contributed by atoms with Gasteiger partial charge < -0.3 is 20.3 Å². The molecule has 0 unspecified atom stereocenters. The van der Waals surface area contributed by atoms with E-state index in [0.717, 1.165) is 18.4 Å². The molecule has 0 aliphatic heterocycles. The fraction of sp³-hybridized carbons (Fsp3) is 0.588. The predicted octanol–water partition coefficient (Wildman–Crippen LogP) is 2.04. The fourth-order valence-corrected chi connectivity index (χ4v) is 2.59. The Morgan fingerprint density at radius 1 is 1.36 bits per heavy atom. The Bertz CT molecular complexity index is 530. The highest BCUT2D eigenvalue weighted by atomic mass is 16.5. The molecule has 1 aliphatic carbocycles. The molecule has 0 fully saturated rings. The summed E-state index contributed by atoms with van der Waals surface area (Å²) in [7, 11) is 0. The zero-order valence-corrected chi connectivity index (χ0v) is 13.3. The van der Waals surface area contributed by atoms with Gasteiger partial charge in [-0.2, -0.15) is 0 Å². The van der Waals surface area contributed by atoms with Gasteiger partial charge in [-0.25, -0.2) is 0 Å². The van der Waals surface area contributed by atoms with Crippen molar-refractivity contribution in [3.8, 4) is 11.5 Å². The Morgan fingerprint density at radius 3 is 2.86 bits per heavy atom. The van der Waals surface area contributed by atoms with Crippen LogP contribution < -0.4 is 10.1 Å². The minimum atomic E-state index is -0.613. The highest BCUT2D eigenvalue weighted by molar-refractivity contribution is 6.01. The molecule has 1 aliphatic rings. The molecular formula is C17H25NO4. The number of rotatable bonds is 7. The summed E-state index contributed by atoms with van der Waals surface area (Å²) in [6.07, 6.45) is 2.33. The zero-order chi connectivity index (χ0) is 16.1. The van der Waals surface area contributed by atoms with Gasteiger partial charge in [-0.3, -0.25) is 4.79 Å². The first-order chi connectivity index (χ1) is 10.5. The number of fused-ring (bicyclic) bond motifs is 1. The van der Waals surface area contributed by atoms with Crippen LogP contribution in [0.15, 0.2) is 12.1 Å². The second kappa shape index (κ2) is 7.61. The van der Waals surface area contributed by atoms with Crippen LogP contribution in [-0.4, -0.2) is 41.3 Å². The molecule has 2 atom stereocenters. The third kappa shape index (κ3) is 3.99. The molecule has 0 bridgehead atoms. The molecule has 122 valence electrons. The number of aliphatic hydroxyl groups is 1. The number of Topliss-reactive ketones (excluding diaryl/α,β-unsaturated/α-hetero) is 1. The van der Waals surface area contributed by atoms with E-state index in [0.29, 0.717) is 36.7 Å². The van der Waals surface area contributed by atoms with Gasteiger partial charge in [0.2, 0.25) is 0 Å². The van der Waals surface area contributed by atoms with Crippen molar-refractivity contribution >= 4 is 5.78 Å². The van der Waals surface area contributed by atoms with E-state index in [1.54, 1.807) is 6.07 Å². The van der Waals surface area contributed by atoms with Gasteiger partial charge in [0.15, 0.2) is 5.78 Å². The van der Waals surface area contributed by atoms with Gasteiger partial charge in [0.1, 0.15) is 24.2 Å². The van der Waals surface area contributed by atoms with Gasteiger partial charge in [0, 0.05) is 24.6 Å². The Hall–Kier alpha value is -1.59. The average Bonchev–Trinajstić information content (AvgIpc) is 2.52. The van der Waals surface area contributed by atoms with E-state index >= 15 is 0 Å². The summed E-state index contributed by atoms with van der Waals surface area (Å²) in [6, 6.07) is 3.51. The van der Waals surface area contributed by atoms with Crippen molar-refractivity contribution in [1.29, 1.82) is 0 Å². The highest BCUT2D eigenvalue weighted by Crippen LogP contribution is 2.35. The normalized spacial score (nSPS) is 17.0. The van der Waals surface area contributed by atoms with Crippen LogP contribution in [0.4, 0.5) is 0 Å². The molecule has 2 rings (SSSR count). The maximum atomic E-state index is 11.9. The van der Waals surface area contributed by atoms with Crippen LogP contribution >= 0.6 is 0 Å². The number of ketones is 1. The topological polar surface area (TPSA) is 78.8 Å². The number of aliphatic hydroxyl groups excluding tert-OH is 1. The number of ether oxygens (including phenoxy) is 1. The number of carbonyl (C=O) groups excluding carboxylic acids is 1. The lowest BCUT2D eigenvalue weighted by Crippen LogP contribution is -2.36. The molecular weight excluding hydrogens is 282 g/mol. The van der Waals surface area contributed by atoms with Crippen LogP contribution in [-0.2, 0) is 6.42 Å². The van der Waals surface area contributed by atoms with E-state index in [1.807, 2.05) is 0 Å². The van der Waals surface area contributed by atoms with Crippen LogP contribution in [0.2, 0.25) is 0 Å². The molecule has 1 aromatic rings. The first kappa shape index (κ1) is 16.8. The molecule has 0 spiro atoms. The van der Waals surface area contributed by atoms with E-state index in [1.165, 1.54) is 6.07 Å².